The number of methoxy groups -OCH3 is 1. The minimum absolute atomic E-state index is 0.166. The third kappa shape index (κ3) is 1.47. The van der Waals surface area contributed by atoms with Crippen LogP contribution in [0.15, 0.2) is 0 Å². The average molecular weight is 236 g/mol. The molecule has 0 N–H and O–H groups in total. The van der Waals surface area contributed by atoms with Crippen molar-refractivity contribution >= 4 is 0 Å². The highest BCUT2D eigenvalue weighted by atomic mass is 16.5. The molecule has 3 aliphatic carbocycles. The molecule has 0 aromatic rings. The van der Waals surface area contributed by atoms with Crippen LogP contribution in [0.2, 0.25) is 0 Å². The molecule has 17 heavy (non-hydrogen) atoms. The highest BCUT2D eigenvalue weighted by molar-refractivity contribution is 5.15. The highest BCUT2D eigenvalue weighted by Crippen LogP contribution is 2.71. The van der Waals surface area contributed by atoms with Crippen LogP contribution in [0.5, 0.6) is 0 Å². The molecule has 0 aromatic carbocycles. The summed E-state index contributed by atoms with van der Waals surface area (Å²) in [6.07, 6.45) is 5.49. The molecule has 98 valence electrons. The zero-order valence-corrected chi connectivity index (χ0v) is 12.1. The van der Waals surface area contributed by atoms with Gasteiger partial charge in [-0.15, -0.1) is 0 Å². The van der Waals surface area contributed by atoms with E-state index in [1.165, 1.54) is 25.7 Å². The van der Waals surface area contributed by atoms with Gasteiger partial charge in [-0.05, 0) is 61.2 Å². The van der Waals surface area contributed by atoms with Gasteiger partial charge in [0.05, 0.1) is 5.60 Å². The van der Waals surface area contributed by atoms with Crippen molar-refractivity contribution in [1.29, 1.82) is 0 Å². The zero-order chi connectivity index (χ0) is 12.4. The maximum atomic E-state index is 5.96. The lowest BCUT2D eigenvalue weighted by Crippen LogP contribution is -2.40. The topological polar surface area (TPSA) is 9.23 Å². The number of fused-ring (bicyclic) bond motifs is 3. The molecule has 3 rings (SSSR count). The van der Waals surface area contributed by atoms with Gasteiger partial charge < -0.3 is 4.74 Å². The summed E-state index contributed by atoms with van der Waals surface area (Å²) in [5.74, 6) is 4.64. The molecule has 0 unspecified atom stereocenters. The second-order valence-corrected chi connectivity index (χ2v) is 7.75. The summed E-state index contributed by atoms with van der Waals surface area (Å²) in [5, 5.41) is 0. The molecule has 0 aromatic heterocycles. The minimum atomic E-state index is 0.166. The van der Waals surface area contributed by atoms with Gasteiger partial charge in [0.1, 0.15) is 0 Å². The number of hydrogen-bond donors (Lipinski definition) is 0. The SMILES string of the molecule is CO[C@]1(C)CC[C@@H]2[C@H]([C@@H]3[C@H](C)CC[C@H]31)C2(C)C. The second-order valence-electron chi connectivity index (χ2n) is 7.75. The Morgan fingerprint density at radius 1 is 1.00 bits per heavy atom. The van der Waals surface area contributed by atoms with Gasteiger partial charge in [-0.25, -0.2) is 0 Å². The molecule has 0 bridgehead atoms. The third-order valence-corrected chi connectivity index (χ3v) is 6.81. The van der Waals surface area contributed by atoms with Crippen LogP contribution in [0.25, 0.3) is 0 Å². The third-order valence-electron chi connectivity index (χ3n) is 6.81. The molecule has 0 spiro atoms. The Balaban J connectivity index is 1.94. The zero-order valence-electron chi connectivity index (χ0n) is 12.1. The fraction of sp³-hybridized carbons (Fsp3) is 1.00. The largest absolute Gasteiger partial charge is 0.378 e. The van der Waals surface area contributed by atoms with E-state index in [1.807, 2.05) is 7.11 Å². The molecule has 3 saturated carbocycles. The number of rotatable bonds is 1. The summed E-state index contributed by atoms with van der Waals surface area (Å²) < 4.78 is 5.96. The van der Waals surface area contributed by atoms with Crippen molar-refractivity contribution in [3.8, 4) is 0 Å². The van der Waals surface area contributed by atoms with E-state index in [9.17, 15) is 0 Å². The van der Waals surface area contributed by atoms with Crippen molar-refractivity contribution in [2.24, 2.45) is 35.0 Å². The molecule has 0 amide bonds. The summed E-state index contributed by atoms with van der Waals surface area (Å²) in [6, 6.07) is 0. The van der Waals surface area contributed by atoms with Gasteiger partial charge in [0.25, 0.3) is 0 Å². The van der Waals surface area contributed by atoms with E-state index in [0.717, 1.165) is 29.6 Å². The van der Waals surface area contributed by atoms with Crippen LogP contribution in [0, 0.1) is 35.0 Å². The van der Waals surface area contributed by atoms with Crippen LogP contribution < -0.4 is 0 Å². The molecule has 3 aliphatic rings. The maximum absolute atomic E-state index is 5.96. The molecule has 0 radical (unpaired) electrons. The van der Waals surface area contributed by atoms with Crippen molar-refractivity contribution in [3.63, 3.8) is 0 Å². The van der Waals surface area contributed by atoms with Gasteiger partial charge in [-0.1, -0.05) is 27.2 Å². The summed E-state index contributed by atoms with van der Waals surface area (Å²) >= 11 is 0. The molecule has 6 atom stereocenters. The fourth-order valence-corrected chi connectivity index (χ4v) is 5.52. The lowest BCUT2D eigenvalue weighted by molar-refractivity contribution is -0.0662. The molecular formula is C16H28O. The summed E-state index contributed by atoms with van der Waals surface area (Å²) in [7, 11) is 1.93. The van der Waals surface area contributed by atoms with Crippen LogP contribution in [0.3, 0.4) is 0 Å². The fourth-order valence-electron chi connectivity index (χ4n) is 5.52. The lowest BCUT2D eigenvalue weighted by Gasteiger charge is -2.38. The highest BCUT2D eigenvalue weighted by Gasteiger charge is 2.66. The van der Waals surface area contributed by atoms with E-state index in [0.29, 0.717) is 5.41 Å². The van der Waals surface area contributed by atoms with E-state index in [1.54, 1.807) is 0 Å². The van der Waals surface area contributed by atoms with E-state index in [4.69, 9.17) is 4.74 Å². The maximum Gasteiger partial charge on any atom is 0.0681 e. The number of hydrogen-bond acceptors (Lipinski definition) is 1. The van der Waals surface area contributed by atoms with Crippen molar-refractivity contribution in [1.82, 2.24) is 0 Å². The Morgan fingerprint density at radius 2 is 1.71 bits per heavy atom. The standard InChI is InChI=1S/C16H28O/c1-10-6-7-11-13(10)14-12(15(14,2)3)8-9-16(11,4)17-5/h10-14H,6-9H2,1-5H3/t10-,11-,12-,13-,14-,16-/m1/s1. The first-order valence-electron chi connectivity index (χ1n) is 7.47. The summed E-state index contributed by atoms with van der Waals surface area (Å²) in [4.78, 5) is 0. The van der Waals surface area contributed by atoms with E-state index >= 15 is 0 Å². The minimum Gasteiger partial charge on any atom is -0.378 e. The van der Waals surface area contributed by atoms with Gasteiger partial charge in [-0.3, -0.25) is 0 Å². The van der Waals surface area contributed by atoms with Gasteiger partial charge in [0, 0.05) is 7.11 Å². The molecule has 3 fully saturated rings. The van der Waals surface area contributed by atoms with E-state index < -0.39 is 0 Å². The smallest absolute Gasteiger partial charge is 0.0681 e. The monoisotopic (exact) mass is 236 g/mol. The Labute approximate surface area is 106 Å². The van der Waals surface area contributed by atoms with Gasteiger partial charge >= 0.3 is 0 Å². The van der Waals surface area contributed by atoms with Crippen molar-refractivity contribution in [2.75, 3.05) is 7.11 Å². The molecule has 0 heterocycles. The lowest BCUT2D eigenvalue weighted by atomic mass is 9.74. The first-order chi connectivity index (χ1) is 7.92. The normalized spacial score (nSPS) is 55.9. The average Bonchev–Trinajstić information content (AvgIpc) is 2.65. The molecule has 0 aliphatic heterocycles. The Bertz CT molecular complexity index is 321. The summed E-state index contributed by atoms with van der Waals surface area (Å²) in [5.41, 5.74) is 0.787. The molecular weight excluding hydrogens is 208 g/mol. The van der Waals surface area contributed by atoms with Gasteiger partial charge in [0.15, 0.2) is 0 Å². The van der Waals surface area contributed by atoms with Crippen molar-refractivity contribution < 1.29 is 4.74 Å². The summed E-state index contributed by atoms with van der Waals surface area (Å²) in [6.45, 7) is 9.86. The van der Waals surface area contributed by atoms with E-state index in [-0.39, 0.29) is 5.60 Å². The van der Waals surface area contributed by atoms with Crippen LogP contribution >= 0.6 is 0 Å². The predicted octanol–water partition coefficient (Wildman–Crippen LogP) is 4.12. The van der Waals surface area contributed by atoms with E-state index in [2.05, 4.69) is 27.7 Å². The second kappa shape index (κ2) is 3.50. The van der Waals surface area contributed by atoms with Crippen LogP contribution in [-0.2, 0) is 4.74 Å². The van der Waals surface area contributed by atoms with Crippen LogP contribution in [0.1, 0.15) is 53.4 Å². The Morgan fingerprint density at radius 3 is 2.35 bits per heavy atom. The predicted molar refractivity (Wildman–Crippen MR) is 70.8 cm³/mol. The van der Waals surface area contributed by atoms with Crippen molar-refractivity contribution in [2.45, 2.75) is 59.0 Å². The Kier molecular flexibility index (Phi) is 2.47. The van der Waals surface area contributed by atoms with Gasteiger partial charge in [0.2, 0.25) is 0 Å². The Hall–Kier alpha value is -0.0400. The number of ether oxygens (including phenoxy) is 1. The van der Waals surface area contributed by atoms with Crippen LogP contribution in [-0.4, -0.2) is 12.7 Å². The molecule has 0 saturated heterocycles. The first kappa shape index (κ1) is 12.0. The van der Waals surface area contributed by atoms with Crippen molar-refractivity contribution in [3.05, 3.63) is 0 Å². The van der Waals surface area contributed by atoms with Crippen LogP contribution in [0.4, 0.5) is 0 Å². The first-order valence-corrected chi connectivity index (χ1v) is 7.47. The molecule has 1 heteroatoms. The quantitative estimate of drug-likeness (QED) is 0.665. The molecule has 1 nitrogen and oxygen atoms in total. The van der Waals surface area contributed by atoms with Gasteiger partial charge in [-0.2, -0.15) is 0 Å².